The molecule has 1 saturated heterocycles. The first-order valence-electron chi connectivity index (χ1n) is 7.76. The lowest BCUT2D eigenvalue weighted by molar-refractivity contribution is 0.106. The van der Waals surface area contributed by atoms with Crippen LogP contribution in [0, 0.1) is 5.92 Å². The highest BCUT2D eigenvalue weighted by Gasteiger charge is 2.14. The van der Waals surface area contributed by atoms with Crippen LogP contribution >= 0.6 is 0 Å². The highest BCUT2D eigenvalue weighted by molar-refractivity contribution is 5.78. The van der Waals surface area contributed by atoms with Crippen LogP contribution in [0.4, 0.5) is 0 Å². The number of nitrogens with two attached hydrogens (primary N) is 1. The minimum atomic E-state index is 0.403. The SMILES string of the molecule is CC(C)CCCC(C)NC(N)=NCCC1CCCO1. The number of nitrogens with one attached hydrogen (secondary N) is 1. The van der Waals surface area contributed by atoms with Crippen LogP contribution in [-0.2, 0) is 4.74 Å². The molecule has 0 aliphatic carbocycles. The summed E-state index contributed by atoms with van der Waals surface area (Å²) in [4.78, 5) is 4.37. The maximum Gasteiger partial charge on any atom is 0.188 e. The van der Waals surface area contributed by atoms with E-state index in [0.29, 0.717) is 18.1 Å². The molecule has 1 rings (SSSR count). The van der Waals surface area contributed by atoms with Crippen molar-refractivity contribution in [2.24, 2.45) is 16.6 Å². The Bertz CT molecular complexity index is 260. The quantitative estimate of drug-likeness (QED) is 0.526. The number of ether oxygens (including phenoxy) is 1. The summed E-state index contributed by atoms with van der Waals surface area (Å²) < 4.78 is 5.56. The topological polar surface area (TPSA) is 59.6 Å². The molecule has 4 heteroatoms. The van der Waals surface area contributed by atoms with Gasteiger partial charge in [-0.05, 0) is 38.5 Å². The van der Waals surface area contributed by atoms with Gasteiger partial charge in [-0.1, -0.05) is 26.7 Å². The minimum Gasteiger partial charge on any atom is -0.378 e. The minimum absolute atomic E-state index is 0.403. The van der Waals surface area contributed by atoms with Crippen molar-refractivity contribution in [3.63, 3.8) is 0 Å². The second-order valence-electron chi connectivity index (χ2n) is 6.06. The molecule has 0 aromatic carbocycles. The van der Waals surface area contributed by atoms with Crippen LogP contribution in [0.5, 0.6) is 0 Å². The van der Waals surface area contributed by atoms with Crippen molar-refractivity contribution in [3.05, 3.63) is 0 Å². The molecule has 1 fully saturated rings. The molecule has 19 heavy (non-hydrogen) atoms. The fourth-order valence-electron chi connectivity index (χ4n) is 2.40. The summed E-state index contributed by atoms with van der Waals surface area (Å²) in [5.74, 6) is 1.36. The first-order chi connectivity index (χ1) is 9.08. The van der Waals surface area contributed by atoms with Gasteiger partial charge in [0.05, 0.1) is 6.10 Å². The third-order valence-electron chi connectivity index (χ3n) is 3.57. The number of aliphatic imine (C=N–C) groups is 1. The van der Waals surface area contributed by atoms with Crippen LogP contribution in [-0.4, -0.2) is 31.3 Å². The third-order valence-corrected chi connectivity index (χ3v) is 3.57. The average molecular weight is 269 g/mol. The van der Waals surface area contributed by atoms with Gasteiger partial charge in [0.25, 0.3) is 0 Å². The maximum atomic E-state index is 5.89. The maximum absolute atomic E-state index is 5.89. The second-order valence-corrected chi connectivity index (χ2v) is 6.06. The van der Waals surface area contributed by atoms with E-state index in [4.69, 9.17) is 10.5 Å². The number of nitrogens with zero attached hydrogens (tertiary/aromatic N) is 1. The smallest absolute Gasteiger partial charge is 0.188 e. The van der Waals surface area contributed by atoms with E-state index in [1.165, 1.54) is 25.7 Å². The standard InChI is InChI=1S/C15H31N3O/c1-12(2)6-4-7-13(3)18-15(16)17-10-9-14-8-5-11-19-14/h12-14H,4-11H2,1-3H3,(H3,16,17,18). The highest BCUT2D eigenvalue weighted by atomic mass is 16.5. The Hall–Kier alpha value is -0.770. The Morgan fingerprint density at radius 3 is 2.79 bits per heavy atom. The van der Waals surface area contributed by atoms with Crippen LogP contribution < -0.4 is 11.1 Å². The van der Waals surface area contributed by atoms with Crippen LogP contribution in [0.15, 0.2) is 4.99 Å². The number of hydrogen-bond donors (Lipinski definition) is 2. The zero-order valence-corrected chi connectivity index (χ0v) is 12.8. The summed E-state index contributed by atoms with van der Waals surface area (Å²) in [6.45, 7) is 8.37. The van der Waals surface area contributed by atoms with Gasteiger partial charge in [0.1, 0.15) is 0 Å². The molecule has 0 aromatic heterocycles. The highest BCUT2D eigenvalue weighted by Crippen LogP contribution is 2.14. The zero-order valence-electron chi connectivity index (χ0n) is 12.8. The van der Waals surface area contributed by atoms with Crippen molar-refractivity contribution < 1.29 is 4.74 Å². The lowest BCUT2D eigenvalue weighted by Gasteiger charge is -2.15. The Morgan fingerprint density at radius 2 is 2.16 bits per heavy atom. The molecule has 0 radical (unpaired) electrons. The summed E-state index contributed by atoms with van der Waals surface area (Å²) >= 11 is 0. The fourth-order valence-corrected chi connectivity index (χ4v) is 2.40. The molecule has 0 saturated carbocycles. The summed E-state index contributed by atoms with van der Waals surface area (Å²) in [6, 6.07) is 0.408. The van der Waals surface area contributed by atoms with Crippen molar-refractivity contribution in [1.82, 2.24) is 5.32 Å². The van der Waals surface area contributed by atoms with Gasteiger partial charge in [0.15, 0.2) is 5.96 Å². The molecule has 0 bridgehead atoms. The largest absolute Gasteiger partial charge is 0.378 e. The molecule has 112 valence electrons. The van der Waals surface area contributed by atoms with Crippen LogP contribution in [0.3, 0.4) is 0 Å². The summed E-state index contributed by atoms with van der Waals surface area (Å²) in [5, 5.41) is 3.27. The van der Waals surface area contributed by atoms with Gasteiger partial charge >= 0.3 is 0 Å². The first kappa shape index (κ1) is 16.3. The van der Waals surface area contributed by atoms with Crippen molar-refractivity contribution in [3.8, 4) is 0 Å². The van der Waals surface area contributed by atoms with Crippen molar-refractivity contribution in [2.75, 3.05) is 13.2 Å². The normalized spacial score (nSPS) is 21.9. The molecule has 2 atom stereocenters. The molecule has 0 aromatic rings. The van der Waals surface area contributed by atoms with Crippen LogP contribution in [0.1, 0.15) is 59.3 Å². The molecule has 1 heterocycles. The number of hydrogen-bond acceptors (Lipinski definition) is 2. The molecule has 1 aliphatic rings. The lowest BCUT2D eigenvalue weighted by atomic mass is 10.0. The summed E-state index contributed by atoms with van der Waals surface area (Å²) in [7, 11) is 0. The van der Waals surface area contributed by atoms with Gasteiger partial charge in [-0.3, -0.25) is 4.99 Å². The van der Waals surface area contributed by atoms with Crippen molar-refractivity contribution >= 4 is 5.96 Å². The Kier molecular flexibility index (Phi) is 7.87. The molecule has 4 nitrogen and oxygen atoms in total. The summed E-state index contributed by atoms with van der Waals surface area (Å²) in [5.41, 5.74) is 5.89. The zero-order chi connectivity index (χ0) is 14.1. The van der Waals surface area contributed by atoms with Crippen LogP contribution in [0.25, 0.3) is 0 Å². The second kappa shape index (κ2) is 9.18. The number of rotatable bonds is 8. The molecule has 1 aliphatic heterocycles. The Labute approximate surface area is 118 Å². The van der Waals surface area contributed by atoms with Gasteiger partial charge in [0.2, 0.25) is 0 Å². The molecule has 3 N–H and O–H groups in total. The monoisotopic (exact) mass is 269 g/mol. The predicted molar refractivity (Wildman–Crippen MR) is 81.4 cm³/mol. The Morgan fingerprint density at radius 1 is 1.37 bits per heavy atom. The van der Waals surface area contributed by atoms with Gasteiger partial charge in [-0.2, -0.15) is 0 Å². The van der Waals surface area contributed by atoms with Crippen molar-refractivity contribution in [1.29, 1.82) is 0 Å². The van der Waals surface area contributed by atoms with E-state index in [9.17, 15) is 0 Å². The van der Waals surface area contributed by atoms with Gasteiger partial charge in [0, 0.05) is 19.2 Å². The predicted octanol–water partition coefficient (Wildman–Crippen LogP) is 2.67. The molecular weight excluding hydrogens is 238 g/mol. The Balaban J connectivity index is 2.08. The van der Waals surface area contributed by atoms with Crippen LogP contribution in [0.2, 0.25) is 0 Å². The van der Waals surface area contributed by atoms with Gasteiger partial charge < -0.3 is 15.8 Å². The molecule has 2 unspecified atom stereocenters. The van der Waals surface area contributed by atoms with E-state index >= 15 is 0 Å². The first-order valence-corrected chi connectivity index (χ1v) is 7.76. The van der Waals surface area contributed by atoms with E-state index in [0.717, 1.165) is 31.9 Å². The number of guanidine groups is 1. The average Bonchev–Trinajstić information content (AvgIpc) is 2.81. The van der Waals surface area contributed by atoms with Gasteiger partial charge in [-0.25, -0.2) is 0 Å². The molecule has 0 amide bonds. The molecular formula is C15H31N3O. The van der Waals surface area contributed by atoms with Crippen molar-refractivity contribution in [2.45, 2.75) is 71.4 Å². The van der Waals surface area contributed by atoms with E-state index < -0.39 is 0 Å². The van der Waals surface area contributed by atoms with Gasteiger partial charge in [-0.15, -0.1) is 0 Å². The van der Waals surface area contributed by atoms with E-state index in [1.54, 1.807) is 0 Å². The fraction of sp³-hybridized carbons (Fsp3) is 0.933. The molecule has 0 spiro atoms. The lowest BCUT2D eigenvalue weighted by Crippen LogP contribution is -2.38. The van der Waals surface area contributed by atoms with E-state index in [2.05, 4.69) is 31.1 Å². The third kappa shape index (κ3) is 8.09. The van der Waals surface area contributed by atoms with E-state index in [1.807, 2.05) is 0 Å². The summed E-state index contributed by atoms with van der Waals surface area (Å²) in [6.07, 6.45) is 7.44. The van der Waals surface area contributed by atoms with E-state index in [-0.39, 0.29) is 0 Å².